The molecule has 0 saturated carbocycles. The monoisotopic (exact) mass is 238 g/mol. The van der Waals surface area contributed by atoms with Gasteiger partial charge in [-0.3, -0.25) is 0 Å². The van der Waals surface area contributed by atoms with Crippen LogP contribution >= 0.6 is 0 Å². The van der Waals surface area contributed by atoms with E-state index in [4.69, 9.17) is 4.74 Å². The van der Waals surface area contributed by atoms with Crippen LogP contribution in [0.1, 0.15) is 0 Å². The number of rotatable bonds is 3. The summed E-state index contributed by atoms with van der Waals surface area (Å²) in [5.74, 6) is 0.698. The average Bonchev–Trinajstić information content (AvgIpc) is 2.05. The van der Waals surface area contributed by atoms with E-state index in [2.05, 4.69) is 0 Å². The van der Waals surface area contributed by atoms with E-state index in [1.165, 1.54) is 0 Å². The fourth-order valence-electron chi connectivity index (χ4n) is 0.757. The zero-order valence-electron chi connectivity index (χ0n) is 6.46. The Labute approximate surface area is 75.9 Å². The number of hydrogen-bond donors (Lipinski definition) is 0. The topological polar surface area (TPSA) is 9.23 Å². The van der Waals surface area contributed by atoms with Gasteiger partial charge < -0.3 is 0 Å². The average molecular weight is 237 g/mol. The number of benzene rings is 1. The quantitative estimate of drug-likeness (QED) is 0.719. The van der Waals surface area contributed by atoms with Crippen LogP contribution in [0.5, 0.6) is 5.75 Å². The fourth-order valence-corrected chi connectivity index (χ4v) is 1.80. The summed E-state index contributed by atoms with van der Waals surface area (Å²) in [5.41, 5.74) is 0. The van der Waals surface area contributed by atoms with E-state index in [0.29, 0.717) is 10.2 Å². The summed E-state index contributed by atoms with van der Waals surface area (Å²) >= 11 is -0.730. The molecule has 0 heterocycles. The zero-order valence-corrected chi connectivity index (χ0v) is 8.17. The van der Waals surface area contributed by atoms with E-state index in [1.54, 1.807) is 31.4 Å². The molecular weight excluding hydrogens is 229 g/mol. The van der Waals surface area contributed by atoms with Gasteiger partial charge in [0.25, 0.3) is 0 Å². The van der Waals surface area contributed by atoms with E-state index in [1.807, 2.05) is 0 Å². The summed E-state index contributed by atoms with van der Waals surface area (Å²) in [6.07, 6.45) is 0. The molecule has 0 aliphatic heterocycles. The van der Waals surface area contributed by atoms with Gasteiger partial charge in [-0.05, 0) is 0 Å². The Morgan fingerprint density at radius 3 is 2.25 bits per heavy atom. The van der Waals surface area contributed by atoms with Gasteiger partial charge >= 0.3 is 75.4 Å². The molecule has 0 atom stereocenters. The van der Waals surface area contributed by atoms with Gasteiger partial charge in [0.1, 0.15) is 0 Å². The Hall–Kier alpha value is -0.601. The molecule has 1 aromatic carbocycles. The Balaban J connectivity index is 2.65. The van der Waals surface area contributed by atoms with Crippen molar-refractivity contribution >= 4 is 19.4 Å². The van der Waals surface area contributed by atoms with Gasteiger partial charge in [0.15, 0.2) is 0 Å². The van der Waals surface area contributed by atoms with Crippen LogP contribution in [0, 0.1) is 0 Å². The molecule has 1 aromatic rings. The maximum absolute atomic E-state index is 11.9. The van der Waals surface area contributed by atoms with E-state index in [-0.39, 0.29) is 0 Å². The predicted molar refractivity (Wildman–Crippen MR) is 44.4 cm³/mol. The second-order valence-electron chi connectivity index (χ2n) is 2.05. The maximum atomic E-state index is 11.9. The van der Waals surface area contributed by atoms with Gasteiger partial charge in [-0.2, -0.15) is 0 Å². The molecule has 0 N–H and O–H groups in total. The summed E-state index contributed by atoms with van der Waals surface area (Å²) in [5, 5.41) is -2.22. The number of halogens is 2. The number of methoxy groups -OCH3 is 1. The Bertz CT molecular complexity index is 235. The molecule has 1 nitrogen and oxygen atoms in total. The first-order valence-electron chi connectivity index (χ1n) is 3.31. The molecule has 66 valence electrons. The van der Waals surface area contributed by atoms with Crippen molar-refractivity contribution in [3.05, 3.63) is 24.3 Å². The van der Waals surface area contributed by atoms with Gasteiger partial charge in [-0.25, -0.2) is 0 Å². The summed E-state index contributed by atoms with van der Waals surface area (Å²) in [6.45, 7) is 0. The third-order valence-corrected chi connectivity index (χ3v) is 2.80. The second-order valence-corrected chi connectivity index (χ2v) is 4.29. The third kappa shape index (κ3) is 2.80. The standard InChI is InChI=1S/C8H8F2OSe/c1-11-6-2-4-7(5-3-6)12-8(9)10/h2-5,8H,1H3. The molecule has 0 radical (unpaired) electrons. The van der Waals surface area contributed by atoms with Crippen LogP contribution in [0.15, 0.2) is 24.3 Å². The van der Waals surface area contributed by atoms with Crippen molar-refractivity contribution < 1.29 is 13.5 Å². The van der Waals surface area contributed by atoms with Crippen LogP contribution in [0.3, 0.4) is 0 Å². The number of alkyl halides is 2. The van der Waals surface area contributed by atoms with Crippen LogP contribution < -0.4 is 9.20 Å². The Morgan fingerprint density at radius 1 is 1.25 bits per heavy atom. The molecule has 0 unspecified atom stereocenters. The molecule has 4 heteroatoms. The Morgan fingerprint density at radius 2 is 1.83 bits per heavy atom. The first-order valence-corrected chi connectivity index (χ1v) is 5.16. The minimum atomic E-state index is -2.22. The first-order chi connectivity index (χ1) is 5.72. The fraction of sp³-hybridized carbons (Fsp3) is 0.250. The minimum absolute atomic E-state index is 0.693. The molecule has 0 amide bonds. The van der Waals surface area contributed by atoms with Gasteiger partial charge in [-0.15, -0.1) is 0 Å². The van der Waals surface area contributed by atoms with Crippen molar-refractivity contribution in [2.45, 2.75) is 5.32 Å². The van der Waals surface area contributed by atoms with Crippen LogP contribution in [-0.2, 0) is 0 Å². The molecule has 0 aliphatic rings. The normalized spacial score (nSPS) is 10.3. The van der Waals surface area contributed by atoms with Crippen LogP contribution in [0.25, 0.3) is 0 Å². The van der Waals surface area contributed by atoms with Crippen molar-refractivity contribution in [3.8, 4) is 5.75 Å². The molecule has 0 aromatic heterocycles. The first kappa shape index (κ1) is 9.49. The van der Waals surface area contributed by atoms with E-state index >= 15 is 0 Å². The predicted octanol–water partition coefficient (Wildman–Crippen LogP) is 1.25. The van der Waals surface area contributed by atoms with Crippen molar-refractivity contribution in [1.82, 2.24) is 0 Å². The van der Waals surface area contributed by atoms with Gasteiger partial charge in [0.05, 0.1) is 0 Å². The summed E-state index contributed by atoms with van der Waals surface area (Å²) in [4.78, 5) is 0. The molecule has 0 spiro atoms. The second kappa shape index (κ2) is 4.43. The summed E-state index contributed by atoms with van der Waals surface area (Å²) in [7, 11) is 1.55. The molecular formula is C8H8F2OSe. The molecule has 0 saturated heterocycles. The number of ether oxygens (including phenoxy) is 1. The van der Waals surface area contributed by atoms with Crippen molar-refractivity contribution in [2.24, 2.45) is 0 Å². The zero-order chi connectivity index (χ0) is 8.97. The molecule has 12 heavy (non-hydrogen) atoms. The van der Waals surface area contributed by atoms with E-state index < -0.39 is 20.3 Å². The van der Waals surface area contributed by atoms with Gasteiger partial charge in [0.2, 0.25) is 0 Å². The van der Waals surface area contributed by atoms with Crippen LogP contribution in [0.2, 0.25) is 0 Å². The SMILES string of the molecule is COc1ccc([Se]C(F)F)cc1. The van der Waals surface area contributed by atoms with E-state index in [9.17, 15) is 8.78 Å². The third-order valence-electron chi connectivity index (χ3n) is 1.28. The Kier molecular flexibility index (Phi) is 3.50. The van der Waals surface area contributed by atoms with Gasteiger partial charge in [0, 0.05) is 0 Å². The van der Waals surface area contributed by atoms with E-state index in [0.717, 1.165) is 0 Å². The van der Waals surface area contributed by atoms with Crippen molar-refractivity contribution in [2.75, 3.05) is 7.11 Å². The van der Waals surface area contributed by atoms with Crippen LogP contribution in [0.4, 0.5) is 8.78 Å². The molecule has 0 bridgehead atoms. The summed E-state index contributed by atoms with van der Waals surface area (Å²) < 4.78 is 29.4. The van der Waals surface area contributed by atoms with Crippen molar-refractivity contribution in [3.63, 3.8) is 0 Å². The summed E-state index contributed by atoms with van der Waals surface area (Å²) in [6, 6.07) is 6.73. The van der Waals surface area contributed by atoms with Crippen molar-refractivity contribution in [1.29, 1.82) is 0 Å². The van der Waals surface area contributed by atoms with Gasteiger partial charge in [-0.1, -0.05) is 0 Å². The molecule has 0 fully saturated rings. The molecule has 0 aliphatic carbocycles. The molecule has 1 rings (SSSR count). The number of hydrogen-bond acceptors (Lipinski definition) is 1. The van der Waals surface area contributed by atoms with Crippen LogP contribution in [-0.4, -0.2) is 27.4 Å².